The van der Waals surface area contributed by atoms with E-state index in [1.807, 2.05) is 49.4 Å². The monoisotopic (exact) mass is 365 g/mol. The average Bonchev–Trinajstić information content (AvgIpc) is 3.20. The van der Waals surface area contributed by atoms with Gasteiger partial charge in [0.05, 0.1) is 11.4 Å². The van der Waals surface area contributed by atoms with Gasteiger partial charge in [-0.15, -0.1) is 11.3 Å². The van der Waals surface area contributed by atoms with Crippen LogP contribution in [0.4, 0.5) is 5.69 Å². The van der Waals surface area contributed by atoms with Crippen molar-refractivity contribution < 1.29 is 9.69 Å². The quantitative estimate of drug-likeness (QED) is 0.655. The molecule has 0 saturated heterocycles. The number of hydrogen-bond acceptors (Lipinski definition) is 2. The minimum atomic E-state index is -0.120. The van der Waals surface area contributed by atoms with Crippen LogP contribution < -0.4 is 10.2 Å². The summed E-state index contributed by atoms with van der Waals surface area (Å²) < 4.78 is 0. The average molecular weight is 366 g/mol. The van der Waals surface area contributed by atoms with E-state index in [1.165, 1.54) is 9.78 Å². The Hall–Kier alpha value is -2.43. The number of benzene rings is 2. The van der Waals surface area contributed by atoms with Crippen molar-refractivity contribution in [3.05, 3.63) is 77.0 Å². The maximum absolute atomic E-state index is 12.9. The molecule has 1 heterocycles. The fourth-order valence-electron chi connectivity index (χ4n) is 3.11. The molecule has 1 unspecified atom stereocenters. The molecule has 3 aromatic rings. The molecule has 1 amide bonds. The Morgan fingerprint density at radius 3 is 2.46 bits per heavy atom. The van der Waals surface area contributed by atoms with Crippen LogP contribution in [0, 0.1) is 0 Å². The van der Waals surface area contributed by atoms with Crippen LogP contribution in [0.3, 0.4) is 0 Å². The highest BCUT2D eigenvalue weighted by Crippen LogP contribution is 2.27. The van der Waals surface area contributed by atoms with Crippen LogP contribution in [0.2, 0.25) is 0 Å². The van der Waals surface area contributed by atoms with Crippen LogP contribution in [0.1, 0.15) is 18.7 Å². The Morgan fingerprint density at radius 1 is 1.04 bits per heavy atom. The van der Waals surface area contributed by atoms with Gasteiger partial charge in [0.15, 0.2) is 6.04 Å². The highest BCUT2D eigenvalue weighted by molar-refractivity contribution is 7.09. The molecule has 4 heteroatoms. The van der Waals surface area contributed by atoms with Gasteiger partial charge in [-0.1, -0.05) is 54.6 Å². The minimum Gasteiger partial charge on any atom is -0.321 e. The summed E-state index contributed by atoms with van der Waals surface area (Å²) in [5, 5.41) is 5.23. The first kappa shape index (κ1) is 18.4. The standard InChI is InChI=1S/C22H24N2OS/c1-3-24(16-19-12-9-15-26-19)17(2)22(25)23-21-14-8-7-13-20(21)18-10-5-4-6-11-18/h4-15,17H,3,16H2,1-2H3,(H,23,25)/p+1/t17-/m1/s1. The van der Waals surface area contributed by atoms with E-state index in [-0.39, 0.29) is 11.9 Å². The second-order valence-electron chi connectivity index (χ2n) is 6.39. The summed E-state index contributed by atoms with van der Waals surface area (Å²) in [5.41, 5.74) is 3.02. The molecular formula is C22H25N2OS+. The first-order valence-electron chi connectivity index (χ1n) is 9.01. The molecular weight excluding hydrogens is 340 g/mol. The Kier molecular flexibility index (Phi) is 6.21. The fraction of sp³-hybridized carbons (Fsp3) is 0.227. The Balaban J connectivity index is 1.75. The summed E-state index contributed by atoms with van der Waals surface area (Å²) in [6, 6.07) is 22.2. The molecule has 0 spiro atoms. The van der Waals surface area contributed by atoms with Crippen molar-refractivity contribution in [3.8, 4) is 11.1 Å². The van der Waals surface area contributed by atoms with Gasteiger partial charge in [0.25, 0.3) is 5.91 Å². The lowest BCUT2D eigenvalue weighted by Gasteiger charge is -2.24. The van der Waals surface area contributed by atoms with Gasteiger partial charge < -0.3 is 10.2 Å². The molecule has 0 aliphatic carbocycles. The van der Waals surface area contributed by atoms with Crippen molar-refractivity contribution in [1.29, 1.82) is 0 Å². The zero-order chi connectivity index (χ0) is 18.4. The fourth-order valence-corrected chi connectivity index (χ4v) is 3.87. The zero-order valence-corrected chi connectivity index (χ0v) is 16.1. The number of likely N-dealkylation sites (N-methyl/N-ethyl adjacent to an activating group) is 1. The first-order valence-corrected chi connectivity index (χ1v) is 9.89. The third-order valence-electron chi connectivity index (χ3n) is 4.71. The Labute approximate surface area is 159 Å². The topological polar surface area (TPSA) is 33.5 Å². The van der Waals surface area contributed by atoms with Crippen molar-refractivity contribution in [2.45, 2.75) is 26.4 Å². The van der Waals surface area contributed by atoms with Gasteiger partial charge in [0, 0.05) is 11.3 Å². The zero-order valence-electron chi connectivity index (χ0n) is 15.2. The number of amides is 1. The van der Waals surface area contributed by atoms with Crippen molar-refractivity contribution in [2.24, 2.45) is 0 Å². The predicted molar refractivity (Wildman–Crippen MR) is 109 cm³/mol. The number of hydrogen-bond donors (Lipinski definition) is 2. The molecule has 0 aliphatic rings. The summed E-state index contributed by atoms with van der Waals surface area (Å²) in [4.78, 5) is 15.5. The number of para-hydroxylation sites is 1. The number of quaternary nitrogens is 1. The van der Waals surface area contributed by atoms with Gasteiger partial charge in [0.1, 0.15) is 6.54 Å². The van der Waals surface area contributed by atoms with Crippen molar-refractivity contribution >= 4 is 22.9 Å². The van der Waals surface area contributed by atoms with E-state index in [0.29, 0.717) is 0 Å². The lowest BCUT2D eigenvalue weighted by Crippen LogP contribution is -3.15. The van der Waals surface area contributed by atoms with Crippen LogP contribution in [-0.2, 0) is 11.3 Å². The summed E-state index contributed by atoms with van der Waals surface area (Å²) in [7, 11) is 0. The lowest BCUT2D eigenvalue weighted by atomic mass is 10.0. The lowest BCUT2D eigenvalue weighted by molar-refractivity contribution is -0.925. The van der Waals surface area contributed by atoms with Crippen LogP contribution >= 0.6 is 11.3 Å². The molecule has 0 fully saturated rings. The number of carbonyl (C=O) groups is 1. The maximum atomic E-state index is 12.9. The van der Waals surface area contributed by atoms with Crippen molar-refractivity contribution in [1.82, 2.24) is 0 Å². The van der Waals surface area contributed by atoms with Gasteiger partial charge in [0.2, 0.25) is 0 Å². The van der Waals surface area contributed by atoms with E-state index in [9.17, 15) is 4.79 Å². The summed E-state index contributed by atoms with van der Waals surface area (Å²) in [6.45, 7) is 5.92. The summed E-state index contributed by atoms with van der Waals surface area (Å²) >= 11 is 1.75. The maximum Gasteiger partial charge on any atom is 0.282 e. The summed E-state index contributed by atoms with van der Waals surface area (Å²) in [6.07, 6.45) is 0. The van der Waals surface area contributed by atoms with E-state index in [2.05, 4.69) is 41.9 Å². The Bertz CT molecular complexity index is 830. The van der Waals surface area contributed by atoms with E-state index in [4.69, 9.17) is 0 Å². The summed E-state index contributed by atoms with van der Waals surface area (Å²) in [5.74, 6) is 0.0572. The molecule has 0 radical (unpaired) electrons. The number of rotatable bonds is 7. The number of anilines is 1. The van der Waals surface area contributed by atoms with Crippen molar-refractivity contribution in [3.63, 3.8) is 0 Å². The minimum absolute atomic E-state index is 0.0572. The van der Waals surface area contributed by atoms with Crippen LogP contribution in [0.25, 0.3) is 11.1 Å². The first-order chi connectivity index (χ1) is 12.7. The van der Waals surface area contributed by atoms with Gasteiger partial charge in [-0.2, -0.15) is 0 Å². The van der Waals surface area contributed by atoms with E-state index in [0.717, 1.165) is 29.9 Å². The molecule has 2 N–H and O–H groups in total. The van der Waals surface area contributed by atoms with Gasteiger partial charge >= 0.3 is 0 Å². The van der Waals surface area contributed by atoms with E-state index >= 15 is 0 Å². The molecule has 0 saturated carbocycles. The second kappa shape index (κ2) is 8.79. The number of thiophene rings is 1. The van der Waals surface area contributed by atoms with Crippen LogP contribution in [0.5, 0.6) is 0 Å². The molecule has 1 aromatic heterocycles. The molecule has 2 aromatic carbocycles. The van der Waals surface area contributed by atoms with Crippen molar-refractivity contribution in [2.75, 3.05) is 11.9 Å². The molecule has 0 bridgehead atoms. The molecule has 26 heavy (non-hydrogen) atoms. The predicted octanol–water partition coefficient (Wildman–Crippen LogP) is 3.85. The Morgan fingerprint density at radius 2 is 1.77 bits per heavy atom. The second-order valence-corrected chi connectivity index (χ2v) is 7.42. The van der Waals surface area contributed by atoms with Crippen LogP contribution in [-0.4, -0.2) is 18.5 Å². The van der Waals surface area contributed by atoms with E-state index in [1.54, 1.807) is 11.3 Å². The van der Waals surface area contributed by atoms with Gasteiger partial charge in [-0.25, -0.2) is 0 Å². The van der Waals surface area contributed by atoms with E-state index < -0.39 is 0 Å². The molecule has 134 valence electrons. The molecule has 3 rings (SSSR count). The highest BCUT2D eigenvalue weighted by atomic mass is 32.1. The van der Waals surface area contributed by atoms with Gasteiger partial charge in [-0.3, -0.25) is 4.79 Å². The third-order valence-corrected chi connectivity index (χ3v) is 5.59. The highest BCUT2D eigenvalue weighted by Gasteiger charge is 2.25. The number of carbonyl (C=O) groups excluding carboxylic acids is 1. The SMILES string of the molecule is CC[NH+](Cc1cccs1)[C@H](C)C(=O)Nc1ccccc1-c1ccccc1. The normalized spacial score (nSPS) is 13.2. The number of nitrogens with one attached hydrogen (secondary N) is 2. The smallest absolute Gasteiger partial charge is 0.282 e. The molecule has 0 aliphatic heterocycles. The molecule has 2 atom stereocenters. The van der Waals surface area contributed by atoms with Gasteiger partial charge in [-0.05, 0) is 36.9 Å². The third kappa shape index (κ3) is 4.40. The largest absolute Gasteiger partial charge is 0.321 e. The van der Waals surface area contributed by atoms with Crippen LogP contribution in [0.15, 0.2) is 72.1 Å². The molecule has 3 nitrogen and oxygen atoms in total.